The van der Waals surface area contributed by atoms with Crippen molar-refractivity contribution in [2.75, 3.05) is 0 Å². The van der Waals surface area contributed by atoms with Crippen LogP contribution in [-0.4, -0.2) is 106 Å². The predicted octanol–water partition coefficient (Wildman–Crippen LogP) is -21.4. The van der Waals surface area contributed by atoms with Gasteiger partial charge in [0, 0.05) is 66.1 Å². The molecule has 8 aromatic rings. The Bertz CT molecular complexity index is 4800. The number of phenolic OH excluding ortho intramolecular Hbond substituents is 8. The molecule has 48 heteroatoms. The molecule has 0 saturated heterocycles. The molecule has 0 aromatic heterocycles. The number of benzene rings is 8. The zero-order valence-corrected chi connectivity index (χ0v) is 78.1. The first-order chi connectivity index (χ1) is 44.8. The number of hydrogen-bond donors (Lipinski definition) is 8. The van der Waals surface area contributed by atoms with Gasteiger partial charge in [-0.3, -0.25) is 15.1 Å². The van der Waals surface area contributed by atoms with E-state index in [0.717, 1.165) is 12.1 Å². The number of rotatable bonds is 14. The third kappa shape index (κ3) is 25.7. The molecule has 0 radical (unpaired) electrons. The Morgan fingerprint density at radius 2 is 0.337 bits per heavy atom. The first kappa shape index (κ1) is 102. The van der Waals surface area contributed by atoms with Crippen LogP contribution in [-0.2, 0) is 130 Å². The van der Waals surface area contributed by atoms with E-state index in [2.05, 4.69) is 28.1 Å². The quantitative estimate of drug-likeness (QED) is 0.0165. The van der Waals surface area contributed by atoms with Crippen LogP contribution in [0.25, 0.3) is 0 Å². The van der Waals surface area contributed by atoms with Crippen LogP contribution < -0.4 is 252 Å². The Morgan fingerprint density at radius 3 is 0.433 bits per heavy atom. The van der Waals surface area contributed by atoms with E-state index >= 15 is 0 Å². The maximum Gasteiger partial charge on any atom is 1.00 e. The fourth-order valence-electron chi connectivity index (χ4n) is 10.6. The van der Waals surface area contributed by atoms with Gasteiger partial charge in [-0.05, 0) is 186 Å². The summed E-state index contributed by atoms with van der Waals surface area (Å²) in [6, 6.07) is 12.6. The second-order valence-electron chi connectivity index (χ2n) is 21.1. The molecular formula is C56H40Na8O32S8. The van der Waals surface area contributed by atoms with Crippen LogP contribution >= 0.6 is 36.1 Å². The zero-order chi connectivity index (χ0) is 70.3. The fourth-order valence-corrected chi connectivity index (χ4v) is 15.0. The van der Waals surface area contributed by atoms with Gasteiger partial charge in [-0.2, -0.15) is 13.0 Å². The molecule has 512 valence electrons. The predicted molar refractivity (Wildman–Crippen MR) is 311 cm³/mol. The molecule has 0 heterocycles. The molecule has 8 N–H and O–H groups in total. The largest absolute Gasteiger partial charge is 1.00 e. The number of aromatic hydroxyl groups is 8. The zero-order valence-electron chi connectivity index (χ0n) is 55.5. The summed E-state index contributed by atoms with van der Waals surface area (Å²) in [6.45, 7) is 0. The molecule has 0 aliphatic heterocycles. The van der Waals surface area contributed by atoms with E-state index in [1.165, 1.54) is 24.3 Å². The maximum absolute atomic E-state index is 12.8. The summed E-state index contributed by atoms with van der Waals surface area (Å²) in [6.07, 6.45) is -6.98. The fraction of sp³-hybridized carbons (Fsp3) is 0.143. The first-order valence-corrected chi connectivity index (χ1v) is 35.6. The van der Waals surface area contributed by atoms with Crippen LogP contribution in [0.15, 0.2) is 136 Å². The SMILES string of the molecule is O=S(=O)([O-])c1cc2c(O)c(c1)Cc1cc(S(=O)(=O)[O-])cc(c1O)Cc1cc(S(=O)(=O)[O-])cc(c1O)Cc1cc(S(=O)(=O)[O-])cc(c1O)Cc1cc(S(=O)(=O)[O-])cc(c1O)Cc1cc(SOO[O-])cc(c1O)Cc1cc(SOO[O-])cc(c1O)Cc1cc(SOO[O-])cc(c1O)C2.[Na+].[Na+].[Na+].[Na+].[Na+].[Na+].[Na+].[Na+]. The molecule has 0 spiro atoms. The van der Waals surface area contributed by atoms with Gasteiger partial charge in [0.15, 0.2) is 0 Å². The van der Waals surface area contributed by atoms with Crippen LogP contribution in [0, 0.1) is 0 Å². The maximum atomic E-state index is 12.8. The Morgan fingerprint density at radius 1 is 0.231 bits per heavy atom. The second-order valence-corrected chi connectivity index (χ2v) is 30.3. The monoisotopic (exact) mass is 1660 g/mol. The standard InChI is InChI=1S/C56H48O32S8.8Na/c57-49-25-1-27-11-42(90-87-84-66)13-29(50(27)58)3-31-15-44(92(68,69)70)17-33(52(31)60)5-35-19-46(94(74,75)76)21-37(54(35)62)7-39-23-48(96(80,81)82)24-40(56(39)64)8-38-22-47(95(77,78)79)20-36(55(38)63)6-34-18-45(93(71,72)73)16-32(53(34)61)4-30-14-43(91-88-85-67)12-28(51(30)59)2-26(49)10-41(9-25)89-86-83-65;;;;;;;;/h9-24,57-67H,1-8H2,(H,68,69,70)(H,71,72,73)(H,74,75,76)(H,77,78,79)(H,80,81,82);;;;;;;;/q;8*+1/p-8. The van der Waals surface area contributed by atoms with E-state index in [1.54, 1.807) is 0 Å². The number of phenols is 8. The van der Waals surface area contributed by atoms with Crippen molar-refractivity contribution < 1.29 is 386 Å². The van der Waals surface area contributed by atoms with Crippen molar-refractivity contribution in [2.24, 2.45) is 0 Å². The summed E-state index contributed by atoms with van der Waals surface area (Å²) < 4.78 is 206. The van der Waals surface area contributed by atoms with Crippen molar-refractivity contribution >= 4 is 86.7 Å². The van der Waals surface area contributed by atoms with E-state index in [4.69, 9.17) is 0 Å². The number of hydrogen-bond acceptors (Lipinski definition) is 35. The van der Waals surface area contributed by atoms with E-state index in [1.807, 2.05) is 0 Å². The topological polar surface area (TPSA) is 572 Å². The molecule has 32 nitrogen and oxygen atoms in total. The molecule has 1 aliphatic rings. The molecule has 0 unspecified atom stereocenters. The molecular weight excluding hydrogens is 1630 g/mol. The minimum absolute atomic E-state index is 0. The van der Waals surface area contributed by atoms with Gasteiger partial charge in [-0.25, -0.2) is 42.1 Å². The number of fused-ring (bicyclic) bond motifs is 16. The van der Waals surface area contributed by atoms with E-state index in [0.29, 0.717) is 60.7 Å². The second kappa shape index (κ2) is 42.7. The van der Waals surface area contributed by atoms with Crippen molar-refractivity contribution in [2.45, 2.75) is 90.5 Å². The van der Waals surface area contributed by atoms with E-state index in [-0.39, 0.29) is 321 Å². The summed E-state index contributed by atoms with van der Waals surface area (Å²) in [4.78, 5) is -6.06. The van der Waals surface area contributed by atoms with Gasteiger partial charge in [0.05, 0.1) is 60.6 Å². The van der Waals surface area contributed by atoms with Crippen LogP contribution in [0.4, 0.5) is 0 Å². The molecule has 0 atom stereocenters. The summed E-state index contributed by atoms with van der Waals surface area (Å²) in [5, 5.41) is 140. The summed E-state index contributed by atoms with van der Waals surface area (Å²) in [7, 11) is -28.1. The van der Waals surface area contributed by atoms with Crippen LogP contribution in [0.1, 0.15) is 89.0 Å². The first-order valence-electron chi connectivity index (χ1n) is 26.3. The van der Waals surface area contributed by atoms with Gasteiger partial charge in [-0.15, -0.1) is 0 Å². The van der Waals surface area contributed by atoms with Crippen LogP contribution in [0.3, 0.4) is 0 Å². The molecule has 8 aromatic carbocycles. The molecule has 9 rings (SSSR count). The summed E-state index contributed by atoms with van der Waals surface area (Å²) >= 11 is 0.705. The average Bonchev–Trinajstić information content (AvgIpc) is 0.785. The minimum Gasteiger partial charge on any atom is -0.744 e. The normalized spacial score (nSPS) is 12.5. The third-order valence-electron chi connectivity index (χ3n) is 14.9. The van der Waals surface area contributed by atoms with Crippen LogP contribution in [0.2, 0.25) is 0 Å². The Hall–Kier alpha value is 0.400. The van der Waals surface area contributed by atoms with Crippen molar-refractivity contribution in [1.82, 2.24) is 0 Å². The molecule has 16 bridgehead atoms. The van der Waals surface area contributed by atoms with Gasteiger partial charge in [-0.1, -0.05) is 0 Å². The van der Waals surface area contributed by atoms with Gasteiger partial charge in [0.25, 0.3) is 0 Å². The van der Waals surface area contributed by atoms with Crippen molar-refractivity contribution in [3.05, 3.63) is 186 Å². The summed E-state index contributed by atoms with van der Waals surface area (Å²) in [5.41, 5.74) is -7.91. The summed E-state index contributed by atoms with van der Waals surface area (Å²) in [5.74, 6) is -7.12. The van der Waals surface area contributed by atoms with Crippen molar-refractivity contribution in [1.29, 1.82) is 0 Å². The van der Waals surface area contributed by atoms with Crippen molar-refractivity contribution in [3.8, 4) is 46.0 Å². The van der Waals surface area contributed by atoms with Gasteiger partial charge < -0.3 is 79.4 Å². The van der Waals surface area contributed by atoms with Gasteiger partial charge in [0.1, 0.15) is 96.6 Å². The van der Waals surface area contributed by atoms with E-state index in [9.17, 15) is 121 Å². The average molecular weight is 1670 g/mol. The Kier molecular flexibility index (Phi) is 42.0. The molecule has 0 saturated carbocycles. The molecule has 0 fully saturated rings. The molecule has 1 aliphatic carbocycles. The Balaban J connectivity index is 0.00000676. The van der Waals surface area contributed by atoms with Crippen molar-refractivity contribution in [3.63, 3.8) is 0 Å². The van der Waals surface area contributed by atoms with Crippen LogP contribution in [0.5, 0.6) is 46.0 Å². The van der Waals surface area contributed by atoms with Gasteiger partial charge in [0.2, 0.25) is 0 Å². The van der Waals surface area contributed by atoms with Gasteiger partial charge >= 0.3 is 236 Å². The molecule has 0 amide bonds. The third-order valence-corrected chi connectivity index (χ3v) is 20.6. The minimum atomic E-state index is -5.66. The Labute approximate surface area is 782 Å². The smallest absolute Gasteiger partial charge is 0.744 e. The molecule has 104 heavy (non-hydrogen) atoms. The van der Waals surface area contributed by atoms with E-state index < -0.39 is 228 Å².